The van der Waals surface area contributed by atoms with Gasteiger partial charge in [0.15, 0.2) is 0 Å². The first-order valence-corrected chi connectivity index (χ1v) is 8.52. The number of rotatable bonds is 3. The molecule has 3 heteroatoms. The Morgan fingerprint density at radius 2 is 2.14 bits per heavy atom. The van der Waals surface area contributed by atoms with E-state index in [0.717, 1.165) is 25.9 Å². The molecular formula is C18H21IN2. The molecule has 0 amide bonds. The van der Waals surface area contributed by atoms with Crippen LogP contribution in [0.25, 0.3) is 5.57 Å². The van der Waals surface area contributed by atoms with Gasteiger partial charge in [0, 0.05) is 34.1 Å². The van der Waals surface area contributed by atoms with E-state index in [1.165, 1.54) is 26.0 Å². The molecule has 0 spiro atoms. The van der Waals surface area contributed by atoms with Gasteiger partial charge in [0.2, 0.25) is 0 Å². The van der Waals surface area contributed by atoms with Gasteiger partial charge >= 0.3 is 0 Å². The quantitative estimate of drug-likeness (QED) is 0.717. The molecule has 0 bridgehead atoms. The van der Waals surface area contributed by atoms with Crippen LogP contribution in [0.2, 0.25) is 0 Å². The second-order valence-corrected chi connectivity index (χ2v) is 7.09. The molecule has 1 aliphatic heterocycles. The molecule has 1 aliphatic rings. The summed E-state index contributed by atoms with van der Waals surface area (Å²) in [5, 5.41) is 0. The Balaban J connectivity index is 2.06. The minimum atomic E-state index is 1.07. The van der Waals surface area contributed by atoms with Crippen LogP contribution >= 0.6 is 22.6 Å². The minimum Gasteiger partial charge on any atom is -0.347 e. The Morgan fingerprint density at radius 3 is 2.95 bits per heavy atom. The third-order valence-electron chi connectivity index (χ3n) is 4.01. The summed E-state index contributed by atoms with van der Waals surface area (Å²) in [4.78, 5) is 2.24. The van der Waals surface area contributed by atoms with E-state index in [1.807, 2.05) is 0 Å². The van der Waals surface area contributed by atoms with Gasteiger partial charge in [-0.3, -0.25) is 0 Å². The van der Waals surface area contributed by atoms with Crippen LogP contribution in [0.1, 0.15) is 23.2 Å². The lowest BCUT2D eigenvalue weighted by Gasteiger charge is -2.12. The molecule has 0 radical (unpaired) electrons. The largest absolute Gasteiger partial charge is 0.347 e. The van der Waals surface area contributed by atoms with Crippen LogP contribution in [0.15, 0.2) is 42.6 Å². The van der Waals surface area contributed by atoms with E-state index in [9.17, 15) is 0 Å². The van der Waals surface area contributed by atoms with Gasteiger partial charge in [0.05, 0.1) is 0 Å². The molecule has 1 aromatic heterocycles. The molecule has 2 nitrogen and oxygen atoms in total. The van der Waals surface area contributed by atoms with E-state index in [-0.39, 0.29) is 0 Å². The second-order valence-electron chi connectivity index (χ2n) is 5.85. The van der Waals surface area contributed by atoms with Crippen molar-refractivity contribution in [2.45, 2.75) is 19.4 Å². The van der Waals surface area contributed by atoms with Gasteiger partial charge in [-0.2, -0.15) is 0 Å². The fraction of sp³-hybridized carbons (Fsp3) is 0.333. The number of hydrogen-bond acceptors (Lipinski definition) is 1. The minimum absolute atomic E-state index is 1.07. The summed E-state index contributed by atoms with van der Waals surface area (Å²) in [6.07, 6.45) is 6.80. The Morgan fingerprint density at radius 1 is 1.29 bits per heavy atom. The normalized spacial score (nSPS) is 15.9. The number of nitrogens with zero attached hydrogens (tertiary/aromatic N) is 2. The van der Waals surface area contributed by atoms with Gasteiger partial charge in [0.25, 0.3) is 0 Å². The topological polar surface area (TPSA) is 8.17 Å². The fourth-order valence-electron chi connectivity index (χ4n) is 2.93. The number of hydrogen-bond donors (Lipinski definition) is 0. The lowest BCUT2D eigenvalue weighted by atomic mass is 9.96. The predicted octanol–water partition coefficient (Wildman–Crippen LogP) is 4.03. The number of aromatic nitrogens is 1. The first kappa shape index (κ1) is 14.9. The zero-order chi connectivity index (χ0) is 14.8. The zero-order valence-electron chi connectivity index (χ0n) is 12.6. The number of halogens is 1. The highest BCUT2D eigenvalue weighted by Gasteiger charge is 2.17. The van der Waals surface area contributed by atoms with Gasteiger partial charge in [0.1, 0.15) is 0 Å². The van der Waals surface area contributed by atoms with Crippen LogP contribution in [0.3, 0.4) is 0 Å². The van der Waals surface area contributed by atoms with Crippen molar-refractivity contribution in [2.75, 3.05) is 20.6 Å². The summed E-state index contributed by atoms with van der Waals surface area (Å²) in [6.45, 7) is 2.16. The predicted molar refractivity (Wildman–Crippen MR) is 97.5 cm³/mol. The van der Waals surface area contributed by atoms with E-state index >= 15 is 0 Å². The van der Waals surface area contributed by atoms with Crippen molar-refractivity contribution in [1.82, 2.24) is 9.47 Å². The average molecular weight is 392 g/mol. The smallest absolute Gasteiger partial charge is 0.0483 e. The number of benzene rings is 1. The highest BCUT2D eigenvalue weighted by atomic mass is 127. The third kappa shape index (κ3) is 3.24. The molecular weight excluding hydrogens is 371 g/mol. The maximum absolute atomic E-state index is 2.41. The van der Waals surface area contributed by atoms with Gasteiger partial charge < -0.3 is 9.47 Å². The van der Waals surface area contributed by atoms with Crippen molar-refractivity contribution < 1.29 is 0 Å². The first-order valence-electron chi connectivity index (χ1n) is 7.44. The highest BCUT2D eigenvalue weighted by Crippen LogP contribution is 2.32. The molecule has 0 saturated carbocycles. The van der Waals surface area contributed by atoms with Gasteiger partial charge in [-0.05, 0) is 84.9 Å². The lowest BCUT2D eigenvalue weighted by molar-refractivity contribution is 0.417. The molecule has 0 aliphatic carbocycles. The van der Waals surface area contributed by atoms with Crippen molar-refractivity contribution in [1.29, 1.82) is 0 Å². The Kier molecular flexibility index (Phi) is 4.50. The van der Waals surface area contributed by atoms with Crippen LogP contribution in [-0.4, -0.2) is 30.1 Å². The first-order chi connectivity index (χ1) is 10.1. The molecule has 1 aromatic carbocycles. The van der Waals surface area contributed by atoms with Crippen LogP contribution in [0, 0.1) is 3.57 Å². The van der Waals surface area contributed by atoms with Crippen LogP contribution in [0.4, 0.5) is 0 Å². The molecule has 21 heavy (non-hydrogen) atoms. The number of aryl methyl sites for hydroxylation is 2. The van der Waals surface area contributed by atoms with Crippen molar-refractivity contribution in [2.24, 2.45) is 0 Å². The highest BCUT2D eigenvalue weighted by molar-refractivity contribution is 14.1. The summed E-state index contributed by atoms with van der Waals surface area (Å²) in [6, 6.07) is 11.3. The standard InChI is InChI=1S/C18H21IN2/c1-20(2)10-3-5-16-17-13-15(19)8-7-14(17)9-12-21-11-4-6-18(16)21/h4-8,11,13H,3,9-10,12H2,1-2H3/b16-5+. The number of fused-ring (bicyclic) bond motifs is 2. The Labute approximate surface area is 140 Å². The van der Waals surface area contributed by atoms with Gasteiger partial charge in [-0.25, -0.2) is 0 Å². The monoisotopic (exact) mass is 392 g/mol. The van der Waals surface area contributed by atoms with E-state index in [1.54, 1.807) is 0 Å². The third-order valence-corrected chi connectivity index (χ3v) is 4.69. The summed E-state index contributed by atoms with van der Waals surface area (Å²) < 4.78 is 3.69. The van der Waals surface area contributed by atoms with Crippen LogP contribution in [-0.2, 0) is 13.0 Å². The SMILES string of the molecule is CN(C)CC/C=C1\c2cc(I)ccc2CCn2cccc21. The average Bonchev–Trinajstić information content (AvgIpc) is 2.85. The Hall–Kier alpha value is -1.07. The maximum Gasteiger partial charge on any atom is 0.0483 e. The lowest BCUT2D eigenvalue weighted by Crippen LogP contribution is -2.12. The van der Waals surface area contributed by atoms with E-state index in [2.05, 4.69) is 88.8 Å². The van der Waals surface area contributed by atoms with Crippen molar-refractivity contribution in [3.63, 3.8) is 0 Å². The molecule has 0 saturated heterocycles. The van der Waals surface area contributed by atoms with Crippen molar-refractivity contribution in [3.05, 3.63) is 63.0 Å². The summed E-state index contributed by atoms with van der Waals surface area (Å²) in [7, 11) is 4.26. The van der Waals surface area contributed by atoms with Gasteiger partial charge in [-0.1, -0.05) is 12.1 Å². The summed E-state index contributed by atoms with van der Waals surface area (Å²) in [5.74, 6) is 0. The second kappa shape index (κ2) is 6.36. The summed E-state index contributed by atoms with van der Waals surface area (Å²) in [5.41, 5.74) is 5.63. The molecule has 0 atom stereocenters. The van der Waals surface area contributed by atoms with Crippen LogP contribution < -0.4 is 0 Å². The molecule has 0 N–H and O–H groups in total. The van der Waals surface area contributed by atoms with E-state index < -0.39 is 0 Å². The molecule has 2 heterocycles. The van der Waals surface area contributed by atoms with Crippen molar-refractivity contribution >= 4 is 28.2 Å². The molecule has 3 rings (SSSR count). The van der Waals surface area contributed by atoms with Crippen molar-refractivity contribution in [3.8, 4) is 0 Å². The molecule has 2 aromatic rings. The molecule has 0 unspecified atom stereocenters. The molecule has 110 valence electrons. The van der Waals surface area contributed by atoms with Gasteiger partial charge in [-0.15, -0.1) is 0 Å². The molecule has 0 fully saturated rings. The Bertz CT molecular complexity index is 668. The zero-order valence-corrected chi connectivity index (χ0v) is 14.8. The maximum atomic E-state index is 2.41. The fourth-order valence-corrected chi connectivity index (χ4v) is 3.42. The summed E-state index contributed by atoms with van der Waals surface area (Å²) >= 11 is 2.41. The van der Waals surface area contributed by atoms with Crippen LogP contribution in [0.5, 0.6) is 0 Å². The van der Waals surface area contributed by atoms with E-state index in [4.69, 9.17) is 0 Å². The van der Waals surface area contributed by atoms with E-state index in [0.29, 0.717) is 0 Å².